The topological polar surface area (TPSA) is 56.1 Å². The quantitative estimate of drug-likeness (QED) is 0.702. The van der Waals surface area contributed by atoms with Crippen LogP contribution in [0.4, 0.5) is 5.69 Å². The predicted octanol–water partition coefficient (Wildman–Crippen LogP) is 3.68. The molecule has 3 aromatic rings. The molecule has 1 heterocycles. The summed E-state index contributed by atoms with van der Waals surface area (Å²) in [5, 5.41) is 2.99. The summed E-state index contributed by atoms with van der Waals surface area (Å²) in [4.78, 5) is 17.3. The van der Waals surface area contributed by atoms with Crippen LogP contribution in [0.1, 0.15) is 11.4 Å². The minimum absolute atomic E-state index is 0.0749. The Morgan fingerprint density at radius 3 is 2.76 bits per heavy atom. The molecule has 0 unspecified atom stereocenters. The zero-order valence-corrected chi connectivity index (χ0v) is 15.2. The van der Waals surface area contributed by atoms with Crippen molar-refractivity contribution in [3.8, 4) is 0 Å². The predicted molar refractivity (Wildman–Crippen MR) is 103 cm³/mol. The number of fused-ring (bicyclic) bond motifs is 1. The first-order chi connectivity index (χ1) is 12.2. The van der Waals surface area contributed by atoms with Gasteiger partial charge < -0.3 is 14.6 Å². The highest BCUT2D eigenvalue weighted by atomic mass is 32.2. The highest BCUT2D eigenvalue weighted by molar-refractivity contribution is 7.97. The number of amides is 1. The van der Waals surface area contributed by atoms with Crippen LogP contribution in [0.15, 0.2) is 48.5 Å². The van der Waals surface area contributed by atoms with Gasteiger partial charge in [0.1, 0.15) is 12.4 Å². The van der Waals surface area contributed by atoms with Crippen LogP contribution in [0.5, 0.6) is 0 Å². The van der Waals surface area contributed by atoms with E-state index in [4.69, 9.17) is 4.74 Å². The molecule has 0 radical (unpaired) electrons. The monoisotopic (exact) mass is 355 g/mol. The van der Waals surface area contributed by atoms with Crippen molar-refractivity contribution in [1.82, 2.24) is 9.55 Å². The molecule has 0 aliphatic carbocycles. The maximum atomic E-state index is 12.6. The number of benzene rings is 2. The van der Waals surface area contributed by atoms with Gasteiger partial charge in [0.05, 0.1) is 23.4 Å². The lowest BCUT2D eigenvalue weighted by atomic mass is 10.2. The molecule has 25 heavy (non-hydrogen) atoms. The number of hydrogen-bond donors (Lipinski definition) is 1. The Labute approximate surface area is 151 Å². The minimum Gasteiger partial charge on any atom is -0.380 e. The first kappa shape index (κ1) is 17.5. The van der Waals surface area contributed by atoms with Crippen molar-refractivity contribution in [2.45, 2.75) is 18.9 Å². The normalized spacial score (nSPS) is 11.0. The van der Waals surface area contributed by atoms with Crippen LogP contribution >= 0.6 is 11.8 Å². The molecule has 3 rings (SSSR count). The zero-order valence-electron chi connectivity index (χ0n) is 14.4. The molecule has 130 valence electrons. The molecule has 0 saturated heterocycles. The Hall–Kier alpha value is -2.31. The summed E-state index contributed by atoms with van der Waals surface area (Å²) >= 11 is 1.69. The molecular formula is C19H21N3O2S. The Kier molecular flexibility index (Phi) is 5.73. The fraction of sp³-hybridized carbons (Fsp3) is 0.263. The van der Waals surface area contributed by atoms with Crippen molar-refractivity contribution in [2.24, 2.45) is 0 Å². The molecular weight excluding hydrogens is 334 g/mol. The van der Waals surface area contributed by atoms with E-state index in [0.29, 0.717) is 6.61 Å². The number of anilines is 1. The van der Waals surface area contributed by atoms with Gasteiger partial charge in [-0.15, -0.1) is 0 Å². The lowest BCUT2D eigenvalue weighted by Crippen LogP contribution is -2.20. The first-order valence-electron chi connectivity index (χ1n) is 8.02. The largest absolute Gasteiger partial charge is 0.380 e. The number of carbonyl (C=O) groups excluding carboxylic acids is 1. The summed E-state index contributed by atoms with van der Waals surface area (Å²) in [5.74, 6) is 1.60. The Morgan fingerprint density at radius 2 is 1.96 bits per heavy atom. The molecule has 0 atom stereocenters. The number of imidazole rings is 1. The Morgan fingerprint density at radius 1 is 1.20 bits per heavy atom. The number of aromatic nitrogens is 2. The summed E-state index contributed by atoms with van der Waals surface area (Å²) in [7, 11) is 1.64. The average Bonchev–Trinajstić information content (AvgIpc) is 2.95. The van der Waals surface area contributed by atoms with Gasteiger partial charge in [-0.3, -0.25) is 4.79 Å². The third-order valence-corrected chi connectivity index (χ3v) is 4.45. The summed E-state index contributed by atoms with van der Waals surface area (Å²) in [6.07, 6.45) is 2.03. The molecule has 5 nitrogen and oxygen atoms in total. The maximum Gasteiger partial charge on any atom is 0.244 e. The van der Waals surface area contributed by atoms with E-state index < -0.39 is 0 Å². The molecule has 0 spiro atoms. The number of nitrogens with zero attached hydrogens (tertiary/aromatic N) is 2. The molecule has 6 heteroatoms. The second-order valence-electron chi connectivity index (χ2n) is 5.67. The SMILES string of the molecule is COCc1ccccc1NC(=O)Cn1c(CSC)nc2ccccc21. The number of nitrogens with one attached hydrogen (secondary N) is 1. The van der Waals surface area contributed by atoms with E-state index in [1.54, 1.807) is 18.9 Å². The number of rotatable bonds is 7. The van der Waals surface area contributed by atoms with E-state index in [1.165, 1.54) is 0 Å². The van der Waals surface area contributed by atoms with Gasteiger partial charge in [-0.25, -0.2) is 4.98 Å². The third-order valence-electron chi connectivity index (χ3n) is 3.90. The molecule has 2 aromatic carbocycles. The average molecular weight is 355 g/mol. The lowest BCUT2D eigenvalue weighted by molar-refractivity contribution is -0.116. The van der Waals surface area contributed by atoms with E-state index >= 15 is 0 Å². The molecule has 0 aliphatic heterocycles. The smallest absolute Gasteiger partial charge is 0.244 e. The number of ether oxygens (including phenoxy) is 1. The van der Waals surface area contributed by atoms with E-state index in [2.05, 4.69) is 10.3 Å². The van der Waals surface area contributed by atoms with Crippen LogP contribution in [0.25, 0.3) is 11.0 Å². The van der Waals surface area contributed by atoms with Crippen LogP contribution in [-0.4, -0.2) is 28.8 Å². The maximum absolute atomic E-state index is 12.6. The van der Waals surface area contributed by atoms with E-state index in [0.717, 1.165) is 33.9 Å². The molecule has 1 aromatic heterocycles. The number of methoxy groups -OCH3 is 1. The number of thioether (sulfide) groups is 1. The Balaban J connectivity index is 1.84. The summed E-state index contributed by atoms with van der Waals surface area (Å²) < 4.78 is 7.18. The molecule has 0 bridgehead atoms. The van der Waals surface area contributed by atoms with Crippen molar-refractivity contribution in [3.63, 3.8) is 0 Å². The van der Waals surface area contributed by atoms with Gasteiger partial charge in [0.25, 0.3) is 0 Å². The van der Waals surface area contributed by atoms with E-state index in [9.17, 15) is 4.79 Å². The van der Waals surface area contributed by atoms with Crippen molar-refractivity contribution < 1.29 is 9.53 Å². The van der Waals surface area contributed by atoms with Gasteiger partial charge in [-0.1, -0.05) is 30.3 Å². The molecule has 0 fully saturated rings. The lowest BCUT2D eigenvalue weighted by Gasteiger charge is -2.12. The van der Waals surface area contributed by atoms with Crippen LogP contribution in [0.3, 0.4) is 0 Å². The van der Waals surface area contributed by atoms with Crippen LogP contribution in [0, 0.1) is 0 Å². The van der Waals surface area contributed by atoms with Gasteiger partial charge in [0.2, 0.25) is 5.91 Å². The summed E-state index contributed by atoms with van der Waals surface area (Å²) in [6.45, 7) is 0.694. The fourth-order valence-electron chi connectivity index (χ4n) is 2.80. The molecule has 1 N–H and O–H groups in total. The van der Waals surface area contributed by atoms with E-state index in [-0.39, 0.29) is 12.5 Å². The highest BCUT2D eigenvalue weighted by Gasteiger charge is 2.14. The third kappa shape index (κ3) is 4.03. The molecule has 0 aliphatic rings. The van der Waals surface area contributed by atoms with E-state index in [1.807, 2.05) is 59.4 Å². The van der Waals surface area contributed by atoms with Crippen LogP contribution in [0.2, 0.25) is 0 Å². The van der Waals surface area contributed by atoms with Gasteiger partial charge >= 0.3 is 0 Å². The van der Waals surface area contributed by atoms with Gasteiger partial charge in [-0.2, -0.15) is 11.8 Å². The second kappa shape index (κ2) is 8.18. The summed E-state index contributed by atoms with van der Waals surface area (Å²) in [5.41, 5.74) is 3.63. The van der Waals surface area contributed by atoms with Gasteiger partial charge in [0.15, 0.2) is 0 Å². The van der Waals surface area contributed by atoms with Crippen molar-refractivity contribution in [2.75, 3.05) is 18.7 Å². The first-order valence-corrected chi connectivity index (χ1v) is 9.42. The van der Waals surface area contributed by atoms with Crippen molar-refractivity contribution in [3.05, 3.63) is 59.9 Å². The number of para-hydroxylation sites is 3. The minimum atomic E-state index is -0.0749. The van der Waals surface area contributed by atoms with Crippen molar-refractivity contribution in [1.29, 1.82) is 0 Å². The highest BCUT2D eigenvalue weighted by Crippen LogP contribution is 2.20. The number of carbonyl (C=O) groups is 1. The summed E-state index contributed by atoms with van der Waals surface area (Å²) in [6, 6.07) is 15.6. The Bertz CT molecular complexity index is 876. The molecule has 1 amide bonds. The zero-order chi connectivity index (χ0) is 17.6. The number of hydrogen-bond acceptors (Lipinski definition) is 4. The van der Waals surface area contributed by atoms with Gasteiger partial charge in [0, 0.05) is 18.4 Å². The van der Waals surface area contributed by atoms with Gasteiger partial charge in [-0.05, 0) is 24.5 Å². The van der Waals surface area contributed by atoms with Crippen LogP contribution < -0.4 is 5.32 Å². The second-order valence-corrected chi connectivity index (χ2v) is 6.54. The van der Waals surface area contributed by atoms with Crippen molar-refractivity contribution >= 4 is 34.4 Å². The molecule has 0 saturated carbocycles. The fourth-order valence-corrected chi connectivity index (χ4v) is 3.28. The standard InChI is InChI=1S/C19H21N3O2S/c1-24-12-14-7-3-4-8-15(14)21-19(23)11-22-17-10-6-5-9-16(17)20-18(22)13-25-2/h3-10H,11-13H2,1-2H3,(H,21,23). The van der Waals surface area contributed by atoms with Crippen LogP contribution in [-0.2, 0) is 28.4 Å².